The molecule has 5 aromatic rings. The van der Waals surface area contributed by atoms with Gasteiger partial charge in [0.25, 0.3) is 5.91 Å². The molecule has 0 bridgehead atoms. The average molecular weight is 522 g/mol. The fourth-order valence-corrected chi connectivity index (χ4v) is 3.88. The van der Waals surface area contributed by atoms with Gasteiger partial charge in [-0.3, -0.25) is 10.1 Å². The number of furan rings is 1. The molecule has 0 aliphatic rings. The van der Waals surface area contributed by atoms with Crippen molar-refractivity contribution in [1.82, 2.24) is 15.6 Å². The highest BCUT2D eigenvalue weighted by molar-refractivity contribution is 7.80. The Morgan fingerprint density at radius 2 is 1.66 bits per heavy atom. The van der Waals surface area contributed by atoms with Gasteiger partial charge in [-0.25, -0.2) is 4.98 Å². The molecule has 174 valence electrons. The van der Waals surface area contributed by atoms with E-state index >= 15 is 0 Å². The van der Waals surface area contributed by atoms with Crippen molar-refractivity contribution in [2.24, 2.45) is 0 Å². The highest BCUT2D eigenvalue weighted by Crippen LogP contribution is 2.29. The van der Waals surface area contributed by atoms with Gasteiger partial charge in [0.15, 0.2) is 16.5 Å². The summed E-state index contributed by atoms with van der Waals surface area (Å²) in [4.78, 5) is 17.0. The van der Waals surface area contributed by atoms with Crippen molar-refractivity contribution in [3.05, 3.63) is 100 Å². The molecule has 2 heterocycles. The maximum absolute atomic E-state index is 12.5. The molecule has 3 aromatic carbocycles. The zero-order chi connectivity index (χ0) is 24.4. The number of amides is 1. The smallest absolute Gasteiger partial charge is 0.293 e. The van der Waals surface area contributed by atoms with Crippen LogP contribution in [0.15, 0.2) is 87.7 Å². The maximum Gasteiger partial charge on any atom is 0.293 e. The van der Waals surface area contributed by atoms with Crippen LogP contribution in [-0.2, 0) is 6.54 Å². The van der Waals surface area contributed by atoms with E-state index in [0.717, 1.165) is 22.2 Å². The van der Waals surface area contributed by atoms with Crippen molar-refractivity contribution in [1.29, 1.82) is 0 Å². The first-order valence-electron chi connectivity index (χ1n) is 10.6. The van der Waals surface area contributed by atoms with Crippen molar-refractivity contribution in [2.45, 2.75) is 6.54 Å². The molecular weight excluding hydrogens is 505 g/mol. The number of hydrogen-bond donors (Lipinski definition) is 2. The number of para-hydroxylation sites is 2. The summed E-state index contributed by atoms with van der Waals surface area (Å²) in [5, 5.41) is 6.67. The molecule has 0 aliphatic heterocycles. The van der Waals surface area contributed by atoms with Crippen LogP contribution in [0.1, 0.15) is 16.1 Å². The van der Waals surface area contributed by atoms with Gasteiger partial charge in [0.1, 0.15) is 11.3 Å². The molecule has 2 N–H and O–H groups in total. The third-order valence-corrected chi connectivity index (χ3v) is 6.19. The van der Waals surface area contributed by atoms with Gasteiger partial charge in [-0.1, -0.05) is 47.5 Å². The fourth-order valence-electron chi connectivity index (χ4n) is 3.42. The average Bonchev–Trinajstić information content (AvgIpc) is 3.53. The van der Waals surface area contributed by atoms with E-state index in [-0.39, 0.29) is 10.9 Å². The minimum Gasteiger partial charge on any atom is -0.451 e. The maximum atomic E-state index is 12.5. The van der Waals surface area contributed by atoms with Crippen molar-refractivity contribution < 1.29 is 13.6 Å². The number of nitrogens with one attached hydrogen (secondary N) is 2. The number of rotatable bonds is 5. The van der Waals surface area contributed by atoms with Crippen LogP contribution in [0.2, 0.25) is 10.0 Å². The predicted octanol–water partition coefficient (Wildman–Crippen LogP) is 6.87. The fraction of sp³-hybridized carbons (Fsp3) is 0.0385. The predicted molar refractivity (Wildman–Crippen MR) is 141 cm³/mol. The van der Waals surface area contributed by atoms with E-state index in [1.54, 1.807) is 30.3 Å². The topological polar surface area (TPSA) is 80.3 Å². The number of carbonyl (C=O) groups is 1. The highest BCUT2D eigenvalue weighted by atomic mass is 35.5. The second kappa shape index (κ2) is 9.92. The van der Waals surface area contributed by atoms with E-state index < -0.39 is 5.91 Å². The summed E-state index contributed by atoms with van der Waals surface area (Å²) in [5.74, 6) is 0.719. The summed E-state index contributed by atoms with van der Waals surface area (Å²) < 4.78 is 11.5. The molecule has 0 aliphatic carbocycles. The van der Waals surface area contributed by atoms with Gasteiger partial charge < -0.3 is 14.2 Å². The van der Waals surface area contributed by atoms with Gasteiger partial charge in [-0.15, -0.1) is 0 Å². The molecule has 0 saturated heterocycles. The first-order valence-corrected chi connectivity index (χ1v) is 11.7. The van der Waals surface area contributed by atoms with Gasteiger partial charge >= 0.3 is 0 Å². The molecule has 0 atom stereocenters. The van der Waals surface area contributed by atoms with Gasteiger partial charge in [0, 0.05) is 17.7 Å². The van der Waals surface area contributed by atoms with Crippen LogP contribution in [0.3, 0.4) is 0 Å². The molecule has 0 saturated carbocycles. The molecule has 0 spiro atoms. The zero-order valence-electron chi connectivity index (χ0n) is 18.0. The lowest BCUT2D eigenvalue weighted by atomic mass is 10.1. The Bertz CT molecular complexity index is 1510. The van der Waals surface area contributed by atoms with Gasteiger partial charge in [0.2, 0.25) is 5.89 Å². The standard InChI is InChI=1S/C26H17Cl2N3O3S/c27-18-10-9-17(13-19(18)28)21-11-12-23(33-21)24(32)31-26(35)29-14-15-5-7-16(8-6-15)25-30-20-3-1-2-4-22(20)34-25/h1-13H,14H2,(H2,29,31,32,35). The minimum atomic E-state index is -0.458. The summed E-state index contributed by atoms with van der Waals surface area (Å²) >= 11 is 17.3. The van der Waals surface area contributed by atoms with Crippen molar-refractivity contribution >= 4 is 57.5 Å². The number of benzene rings is 3. The Kier molecular flexibility index (Phi) is 6.55. The van der Waals surface area contributed by atoms with Crippen LogP contribution in [0.25, 0.3) is 33.9 Å². The van der Waals surface area contributed by atoms with Crippen LogP contribution in [0.4, 0.5) is 0 Å². The Balaban J connectivity index is 1.17. The lowest BCUT2D eigenvalue weighted by molar-refractivity contribution is 0.0950. The number of oxazole rings is 1. The molecule has 0 unspecified atom stereocenters. The molecule has 0 fully saturated rings. The molecule has 6 nitrogen and oxygen atoms in total. The molecule has 5 rings (SSSR count). The summed E-state index contributed by atoms with van der Waals surface area (Å²) in [5.41, 5.74) is 4.11. The SMILES string of the molecule is O=C(NC(=S)NCc1ccc(-c2nc3ccccc3o2)cc1)c1ccc(-c2ccc(Cl)c(Cl)c2)o1. The Labute approximate surface area is 215 Å². The zero-order valence-corrected chi connectivity index (χ0v) is 20.4. The van der Waals surface area contributed by atoms with Crippen LogP contribution in [0.5, 0.6) is 0 Å². The van der Waals surface area contributed by atoms with Crippen LogP contribution >= 0.6 is 35.4 Å². The quantitative estimate of drug-likeness (QED) is 0.245. The number of halogens is 2. The molecule has 2 aromatic heterocycles. The normalized spacial score (nSPS) is 10.9. The van der Waals surface area contributed by atoms with Crippen molar-refractivity contribution in [3.63, 3.8) is 0 Å². The first kappa shape index (κ1) is 23.1. The van der Waals surface area contributed by atoms with Crippen LogP contribution in [0, 0.1) is 0 Å². The van der Waals surface area contributed by atoms with Crippen LogP contribution in [-0.4, -0.2) is 16.0 Å². The van der Waals surface area contributed by atoms with E-state index in [9.17, 15) is 4.79 Å². The first-order chi connectivity index (χ1) is 17.0. The van der Waals surface area contributed by atoms with E-state index in [2.05, 4.69) is 15.6 Å². The van der Waals surface area contributed by atoms with Gasteiger partial charge in [-0.05, 0) is 72.4 Å². The monoisotopic (exact) mass is 521 g/mol. The van der Waals surface area contributed by atoms with E-state index in [1.165, 1.54) is 0 Å². The minimum absolute atomic E-state index is 0.123. The van der Waals surface area contributed by atoms with Crippen LogP contribution < -0.4 is 10.6 Å². The largest absolute Gasteiger partial charge is 0.451 e. The molecule has 9 heteroatoms. The second-order valence-corrected chi connectivity index (χ2v) is 8.84. The Morgan fingerprint density at radius 1 is 0.886 bits per heavy atom. The molecule has 1 amide bonds. The number of aromatic nitrogens is 1. The van der Waals surface area contributed by atoms with Gasteiger partial charge in [0.05, 0.1) is 10.0 Å². The lowest BCUT2D eigenvalue weighted by Gasteiger charge is -2.09. The number of fused-ring (bicyclic) bond motifs is 1. The third kappa shape index (κ3) is 5.22. The second-order valence-electron chi connectivity index (χ2n) is 7.61. The lowest BCUT2D eigenvalue weighted by Crippen LogP contribution is -2.38. The summed E-state index contributed by atoms with van der Waals surface area (Å²) in [6.07, 6.45) is 0. The number of nitrogens with zero attached hydrogens (tertiary/aromatic N) is 1. The highest BCUT2D eigenvalue weighted by Gasteiger charge is 2.14. The number of thiocarbonyl (C=S) groups is 1. The Morgan fingerprint density at radius 3 is 2.43 bits per heavy atom. The summed E-state index contributed by atoms with van der Waals surface area (Å²) in [6.45, 7) is 0.430. The molecule has 0 radical (unpaired) electrons. The Hall–Kier alpha value is -3.65. The van der Waals surface area contributed by atoms with Crippen molar-refractivity contribution in [3.8, 4) is 22.8 Å². The van der Waals surface area contributed by atoms with Crippen molar-refractivity contribution in [2.75, 3.05) is 0 Å². The van der Waals surface area contributed by atoms with E-state index in [4.69, 9.17) is 44.3 Å². The summed E-state index contributed by atoms with van der Waals surface area (Å²) in [7, 11) is 0. The number of hydrogen-bond acceptors (Lipinski definition) is 5. The van der Waals surface area contributed by atoms with E-state index in [1.807, 2.05) is 48.5 Å². The van der Waals surface area contributed by atoms with E-state index in [0.29, 0.717) is 33.8 Å². The molecular formula is C26H17Cl2N3O3S. The van der Waals surface area contributed by atoms with Gasteiger partial charge in [-0.2, -0.15) is 0 Å². The molecule has 35 heavy (non-hydrogen) atoms. The third-order valence-electron chi connectivity index (χ3n) is 5.21. The number of carbonyl (C=O) groups excluding carboxylic acids is 1. The summed E-state index contributed by atoms with van der Waals surface area (Å²) in [6, 6.07) is 23.7.